The lowest BCUT2D eigenvalue weighted by atomic mass is 10.1. The van der Waals surface area contributed by atoms with Crippen molar-refractivity contribution < 1.29 is 24.2 Å². The summed E-state index contributed by atoms with van der Waals surface area (Å²) in [5, 5.41) is 10.2. The van der Waals surface area contributed by atoms with Crippen LogP contribution in [0, 0.1) is 6.92 Å². The van der Waals surface area contributed by atoms with Gasteiger partial charge in [-0.05, 0) is 44.2 Å². The number of carbonyl (C=O) groups excluding carboxylic acids is 2. The van der Waals surface area contributed by atoms with Gasteiger partial charge in [-0.15, -0.1) is 0 Å². The molecule has 1 aromatic heterocycles. The Hall–Kier alpha value is -3.43. The Morgan fingerprint density at radius 1 is 1.18 bits per heavy atom. The lowest BCUT2D eigenvalue weighted by Gasteiger charge is -2.14. The number of aromatic carboxylic acids is 1. The first kappa shape index (κ1) is 22.8. The fourth-order valence-corrected chi connectivity index (χ4v) is 5.06. The highest BCUT2D eigenvalue weighted by molar-refractivity contribution is 8.27. The number of hydrogen-bond donors (Lipinski definition) is 1. The number of carboxylic acids is 1. The second-order valence-corrected chi connectivity index (χ2v) is 8.96. The highest BCUT2D eigenvalue weighted by Gasteiger charge is 2.34. The third kappa shape index (κ3) is 4.29. The number of amides is 1. The summed E-state index contributed by atoms with van der Waals surface area (Å²) in [4.78, 5) is 38.5. The molecule has 0 atom stereocenters. The summed E-state index contributed by atoms with van der Waals surface area (Å²) in [6, 6.07) is 13.8. The summed E-state index contributed by atoms with van der Waals surface area (Å²) < 4.78 is 7.31. The van der Waals surface area contributed by atoms with E-state index in [1.54, 1.807) is 25.1 Å². The predicted octanol–water partition coefficient (Wildman–Crippen LogP) is 4.62. The number of thioether (sulfide) groups is 1. The maximum atomic E-state index is 13.2. The molecular weight excluding hydrogens is 460 g/mol. The Morgan fingerprint density at radius 3 is 2.67 bits per heavy atom. The highest BCUT2D eigenvalue weighted by atomic mass is 32.2. The molecule has 0 saturated carbocycles. The van der Waals surface area contributed by atoms with Gasteiger partial charge in [-0.2, -0.15) is 0 Å². The fourth-order valence-electron chi connectivity index (χ4n) is 3.78. The molecule has 1 amide bonds. The normalized spacial score (nSPS) is 15.0. The standard InChI is InChI=1S/C24H20N2O5S2/c1-3-31-21(27)13-25-14(2)18(17-9-4-5-10-19(17)25)12-20-22(28)26(24(32)33-20)16-8-6-7-15(11-16)23(29)30/h4-12H,3,13H2,1-2H3,(H,29,30)/b20-12+. The van der Waals surface area contributed by atoms with E-state index in [9.17, 15) is 19.5 Å². The second kappa shape index (κ2) is 9.21. The molecule has 1 aliphatic rings. The molecule has 0 bridgehead atoms. The van der Waals surface area contributed by atoms with Gasteiger partial charge >= 0.3 is 11.9 Å². The molecule has 4 rings (SSSR count). The Kier molecular flexibility index (Phi) is 6.35. The van der Waals surface area contributed by atoms with Crippen LogP contribution < -0.4 is 4.90 Å². The second-order valence-electron chi connectivity index (χ2n) is 7.28. The van der Waals surface area contributed by atoms with Crippen LogP contribution in [-0.2, 0) is 20.9 Å². The third-order valence-corrected chi connectivity index (χ3v) is 6.59. The number of aromatic nitrogens is 1. The molecular formula is C24H20N2O5S2. The third-order valence-electron chi connectivity index (χ3n) is 5.29. The zero-order valence-electron chi connectivity index (χ0n) is 17.9. The average molecular weight is 481 g/mol. The van der Waals surface area contributed by atoms with E-state index in [2.05, 4.69) is 0 Å². The zero-order valence-corrected chi connectivity index (χ0v) is 19.5. The molecule has 2 aromatic carbocycles. The topological polar surface area (TPSA) is 88.8 Å². The van der Waals surface area contributed by atoms with Gasteiger partial charge < -0.3 is 14.4 Å². The van der Waals surface area contributed by atoms with E-state index in [0.29, 0.717) is 21.5 Å². The van der Waals surface area contributed by atoms with Crippen molar-refractivity contribution in [3.8, 4) is 0 Å². The van der Waals surface area contributed by atoms with Crippen LogP contribution in [0.1, 0.15) is 28.5 Å². The SMILES string of the molecule is CCOC(=O)Cn1c(C)c(/C=C2/SC(=S)N(c3cccc(C(=O)O)c3)C2=O)c2ccccc21. The van der Waals surface area contributed by atoms with Crippen molar-refractivity contribution >= 4 is 68.8 Å². The number of para-hydroxylation sites is 1. The maximum absolute atomic E-state index is 13.2. The number of rotatable bonds is 6. The van der Waals surface area contributed by atoms with Crippen molar-refractivity contribution in [3.05, 3.63) is 70.3 Å². The smallest absolute Gasteiger partial charge is 0.335 e. The number of carboxylic acid groups (broad SMARTS) is 1. The molecule has 0 unspecified atom stereocenters. The van der Waals surface area contributed by atoms with E-state index < -0.39 is 5.97 Å². The van der Waals surface area contributed by atoms with Crippen molar-refractivity contribution in [2.45, 2.75) is 20.4 Å². The number of thiocarbonyl (C=S) groups is 1. The van der Waals surface area contributed by atoms with Crippen LogP contribution in [0.25, 0.3) is 17.0 Å². The van der Waals surface area contributed by atoms with Gasteiger partial charge in [0.15, 0.2) is 4.32 Å². The van der Waals surface area contributed by atoms with Crippen LogP contribution in [0.5, 0.6) is 0 Å². The van der Waals surface area contributed by atoms with E-state index in [-0.39, 0.29) is 24.0 Å². The predicted molar refractivity (Wildman–Crippen MR) is 132 cm³/mol. The van der Waals surface area contributed by atoms with E-state index in [4.69, 9.17) is 17.0 Å². The summed E-state index contributed by atoms with van der Waals surface area (Å²) in [7, 11) is 0. The summed E-state index contributed by atoms with van der Waals surface area (Å²) in [5.74, 6) is -1.74. The molecule has 1 saturated heterocycles. The monoisotopic (exact) mass is 480 g/mol. The van der Waals surface area contributed by atoms with E-state index in [0.717, 1.165) is 33.9 Å². The van der Waals surface area contributed by atoms with Crippen LogP contribution >= 0.6 is 24.0 Å². The first-order valence-electron chi connectivity index (χ1n) is 10.2. The Balaban J connectivity index is 1.75. The molecule has 1 N–H and O–H groups in total. The van der Waals surface area contributed by atoms with Crippen LogP contribution in [-0.4, -0.2) is 38.4 Å². The van der Waals surface area contributed by atoms with Gasteiger partial charge in [0, 0.05) is 22.2 Å². The van der Waals surface area contributed by atoms with Crippen molar-refractivity contribution in [3.63, 3.8) is 0 Å². The van der Waals surface area contributed by atoms with Crippen LogP contribution in [0.4, 0.5) is 5.69 Å². The molecule has 33 heavy (non-hydrogen) atoms. The molecule has 3 aromatic rings. The quantitative estimate of drug-likeness (QED) is 0.313. The minimum Gasteiger partial charge on any atom is -0.478 e. The molecule has 1 aliphatic heterocycles. The summed E-state index contributed by atoms with van der Waals surface area (Å²) >= 11 is 6.59. The molecule has 7 nitrogen and oxygen atoms in total. The Morgan fingerprint density at radius 2 is 1.94 bits per heavy atom. The number of esters is 1. The molecule has 0 aliphatic carbocycles. The molecule has 9 heteroatoms. The number of nitrogens with zero attached hydrogens (tertiary/aromatic N) is 2. The summed E-state index contributed by atoms with van der Waals surface area (Å²) in [5.41, 5.74) is 2.97. The van der Waals surface area contributed by atoms with Crippen molar-refractivity contribution in [1.29, 1.82) is 0 Å². The number of hydrogen-bond acceptors (Lipinski definition) is 6. The minimum atomic E-state index is -1.08. The molecule has 0 spiro atoms. The lowest BCUT2D eigenvalue weighted by molar-refractivity contribution is -0.143. The van der Waals surface area contributed by atoms with Crippen LogP contribution in [0.15, 0.2) is 53.4 Å². The summed E-state index contributed by atoms with van der Waals surface area (Å²) in [6.07, 6.45) is 1.78. The van der Waals surface area contributed by atoms with Crippen LogP contribution in [0.2, 0.25) is 0 Å². The molecule has 0 radical (unpaired) electrons. The number of carbonyl (C=O) groups is 3. The summed E-state index contributed by atoms with van der Waals surface area (Å²) in [6.45, 7) is 4.02. The zero-order chi connectivity index (χ0) is 23.7. The van der Waals surface area contributed by atoms with E-state index >= 15 is 0 Å². The number of fused-ring (bicyclic) bond motifs is 1. The van der Waals surface area contributed by atoms with E-state index in [1.807, 2.05) is 35.8 Å². The van der Waals surface area contributed by atoms with Gasteiger partial charge in [-0.25, -0.2) is 4.79 Å². The minimum absolute atomic E-state index is 0.0664. The van der Waals surface area contributed by atoms with Gasteiger partial charge in [-0.3, -0.25) is 14.5 Å². The lowest BCUT2D eigenvalue weighted by Crippen LogP contribution is -2.27. The highest BCUT2D eigenvalue weighted by Crippen LogP contribution is 2.38. The number of anilines is 1. The average Bonchev–Trinajstić information content (AvgIpc) is 3.22. The Labute approximate surface area is 199 Å². The molecule has 2 heterocycles. The van der Waals surface area contributed by atoms with Gasteiger partial charge in [0.1, 0.15) is 6.54 Å². The van der Waals surface area contributed by atoms with Gasteiger partial charge in [0.25, 0.3) is 5.91 Å². The van der Waals surface area contributed by atoms with Crippen LogP contribution in [0.3, 0.4) is 0 Å². The van der Waals surface area contributed by atoms with Crippen molar-refractivity contribution in [2.75, 3.05) is 11.5 Å². The van der Waals surface area contributed by atoms with Crippen molar-refractivity contribution in [1.82, 2.24) is 4.57 Å². The Bertz CT molecular complexity index is 1340. The maximum Gasteiger partial charge on any atom is 0.335 e. The van der Waals surface area contributed by atoms with Gasteiger partial charge in [0.2, 0.25) is 0 Å². The molecule has 168 valence electrons. The number of benzene rings is 2. The van der Waals surface area contributed by atoms with E-state index in [1.165, 1.54) is 17.0 Å². The first-order valence-corrected chi connectivity index (χ1v) is 11.4. The van der Waals surface area contributed by atoms with Gasteiger partial charge in [0.05, 0.1) is 22.8 Å². The first-order chi connectivity index (χ1) is 15.8. The number of ether oxygens (including phenoxy) is 1. The molecule has 1 fully saturated rings. The van der Waals surface area contributed by atoms with Crippen molar-refractivity contribution in [2.24, 2.45) is 0 Å². The fraction of sp³-hybridized carbons (Fsp3) is 0.167. The largest absolute Gasteiger partial charge is 0.478 e. The van der Waals surface area contributed by atoms with Gasteiger partial charge in [-0.1, -0.05) is 48.2 Å².